The van der Waals surface area contributed by atoms with Crippen LogP contribution in [0, 0.1) is 0 Å². The van der Waals surface area contributed by atoms with Crippen LogP contribution in [0.1, 0.15) is 31.4 Å². The summed E-state index contributed by atoms with van der Waals surface area (Å²) in [5, 5.41) is 4.09. The van der Waals surface area contributed by atoms with Crippen molar-refractivity contribution in [2.45, 2.75) is 31.7 Å². The zero-order chi connectivity index (χ0) is 22.9. The molecule has 0 bridgehead atoms. The van der Waals surface area contributed by atoms with Crippen LogP contribution in [0.2, 0.25) is 0 Å². The molecule has 1 amide bonds. The maximum atomic E-state index is 13.0. The van der Waals surface area contributed by atoms with E-state index >= 15 is 0 Å². The Balaban J connectivity index is 0.00000512. The van der Waals surface area contributed by atoms with Crippen LogP contribution in [-0.2, 0) is 32.5 Å². The van der Waals surface area contributed by atoms with Gasteiger partial charge in [-0.25, -0.2) is 4.79 Å². The number of carbonyl (C=O) groups is 1. The molecule has 0 saturated carbocycles. The van der Waals surface area contributed by atoms with Crippen LogP contribution in [0.15, 0.2) is 72.5 Å². The number of amides is 1. The summed E-state index contributed by atoms with van der Waals surface area (Å²) in [5.74, 6) is 0.642. The second kappa shape index (κ2) is 13.6. The van der Waals surface area contributed by atoms with E-state index in [0.717, 1.165) is 17.5 Å². The Kier molecular flexibility index (Phi) is 12.0. The predicted octanol–water partition coefficient (Wildman–Crippen LogP) is 5.29. The van der Waals surface area contributed by atoms with Crippen LogP contribution in [0.5, 0.6) is 0 Å². The molecule has 0 aromatic heterocycles. The standard InChI is InChI=1S/C26H36N3O2.Ag/c1-7-24(31-25(30)29(6)19-18-27-3)26(20-21(2)28(4)5,22-14-10-8-11-15-22)23-16-12-9-13-17-23;/h7-17,21H,18-20H2,1-6H3;/q-1;+1/b24-7-;. The molecule has 0 radical (unpaired) electrons. The number of hydrogen-bond donors (Lipinski definition) is 0. The van der Waals surface area contributed by atoms with Crippen molar-refractivity contribution < 1.29 is 31.9 Å². The molecule has 0 N–H and O–H groups in total. The summed E-state index contributed by atoms with van der Waals surface area (Å²) >= 11 is 0. The first-order valence-corrected chi connectivity index (χ1v) is 10.8. The second-order valence-electron chi connectivity index (χ2n) is 8.14. The van der Waals surface area contributed by atoms with Crippen molar-refractivity contribution in [1.82, 2.24) is 9.80 Å². The Morgan fingerprint density at radius 1 is 1.03 bits per heavy atom. The van der Waals surface area contributed by atoms with E-state index < -0.39 is 5.41 Å². The van der Waals surface area contributed by atoms with Crippen LogP contribution in [0.25, 0.3) is 5.32 Å². The summed E-state index contributed by atoms with van der Waals surface area (Å²) in [6.45, 7) is 5.23. The molecule has 0 fully saturated rings. The van der Waals surface area contributed by atoms with Gasteiger partial charge in [-0.3, -0.25) is 0 Å². The van der Waals surface area contributed by atoms with E-state index in [4.69, 9.17) is 4.74 Å². The molecule has 2 rings (SSSR count). The van der Waals surface area contributed by atoms with Gasteiger partial charge in [0.15, 0.2) is 0 Å². The Morgan fingerprint density at radius 3 is 1.94 bits per heavy atom. The number of hydrogen-bond acceptors (Lipinski definition) is 3. The molecular formula is C26H36AgN3O2. The summed E-state index contributed by atoms with van der Waals surface area (Å²) in [6, 6.07) is 20.9. The van der Waals surface area contributed by atoms with Gasteiger partial charge in [-0.15, -0.1) is 6.54 Å². The summed E-state index contributed by atoms with van der Waals surface area (Å²) in [7, 11) is 7.65. The molecule has 0 spiro atoms. The van der Waals surface area contributed by atoms with Crippen LogP contribution in [0.3, 0.4) is 0 Å². The third-order valence-electron chi connectivity index (χ3n) is 5.87. The normalized spacial score (nSPS) is 12.8. The Bertz CT molecular complexity index is 801. The van der Waals surface area contributed by atoms with Gasteiger partial charge in [0.2, 0.25) is 0 Å². The van der Waals surface area contributed by atoms with Crippen LogP contribution < -0.4 is 0 Å². The zero-order valence-electron chi connectivity index (χ0n) is 20.0. The van der Waals surface area contributed by atoms with Gasteiger partial charge in [0, 0.05) is 19.6 Å². The number of likely N-dealkylation sites (N-methyl/N-ethyl adjacent to an activating group) is 2. The first-order chi connectivity index (χ1) is 14.9. The molecule has 0 heterocycles. The number of allylic oxidation sites excluding steroid dienone is 2. The summed E-state index contributed by atoms with van der Waals surface area (Å²) < 4.78 is 6.10. The topological polar surface area (TPSA) is 46.9 Å². The van der Waals surface area contributed by atoms with E-state index in [0.29, 0.717) is 18.8 Å². The van der Waals surface area contributed by atoms with Gasteiger partial charge in [0.05, 0.1) is 5.41 Å². The number of nitrogens with zero attached hydrogens (tertiary/aromatic N) is 3. The van der Waals surface area contributed by atoms with E-state index in [-0.39, 0.29) is 34.5 Å². The van der Waals surface area contributed by atoms with Crippen molar-refractivity contribution in [3.63, 3.8) is 0 Å². The van der Waals surface area contributed by atoms with Crippen molar-refractivity contribution in [2.75, 3.05) is 41.3 Å². The van der Waals surface area contributed by atoms with Gasteiger partial charge in [-0.05, 0) is 51.6 Å². The zero-order valence-corrected chi connectivity index (χ0v) is 21.5. The van der Waals surface area contributed by atoms with E-state index in [9.17, 15) is 4.79 Å². The van der Waals surface area contributed by atoms with Gasteiger partial charge in [0.25, 0.3) is 0 Å². The van der Waals surface area contributed by atoms with Crippen molar-refractivity contribution in [1.29, 1.82) is 0 Å². The smallest absolute Gasteiger partial charge is 0.664 e. The number of rotatable bonds is 10. The van der Waals surface area contributed by atoms with E-state index in [2.05, 4.69) is 55.5 Å². The van der Waals surface area contributed by atoms with Crippen LogP contribution in [0.4, 0.5) is 4.79 Å². The molecule has 1 atom stereocenters. The SMILES string of the molecule is C/C=C(\OC(=O)N(C)CC[N-]C)C(CC(C)N(C)C)(c1ccccc1)c1ccccc1.[Ag+]. The fourth-order valence-electron chi connectivity index (χ4n) is 3.76. The molecular weight excluding hydrogens is 494 g/mol. The van der Waals surface area contributed by atoms with Gasteiger partial charge < -0.3 is 19.9 Å². The van der Waals surface area contributed by atoms with E-state index in [1.54, 1.807) is 19.0 Å². The molecule has 0 saturated heterocycles. The van der Waals surface area contributed by atoms with Crippen molar-refractivity contribution >= 4 is 6.09 Å². The quantitative estimate of drug-likeness (QED) is 0.310. The van der Waals surface area contributed by atoms with E-state index in [1.807, 2.05) is 49.4 Å². The molecule has 0 aliphatic rings. The summed E-state index contributed by atoms with van der Waals surface area (Å²) in [4.78, 5) is 16.7. The Hall–Kier alpha value is -1.89. The van der Waals surface area contributed by atoms with Crippen LogP contribution in [-0.4, -0.2) is 63.2 Å². The summed E-state index contributed by atoms with van der Waals surface area (Å²) in [5.41, 5.74) is 1.59. The fourth-order valence-corrected chi connectivity index (χ4v) is 3.76. The minimum absolute atomic E-state index is 0. The van der Waals surface area contributed by atoms with Gasteiger partial charge >= 0.3 is 28.5 Å². The van der Waals surface area contributed by atoms with Gasteiger partial charge in [0.1, 0.15) is 5.76 Å². The van der Waals surface area contributed by atoms with Crippen LogP contribution >= 0.6 is 0 Å². The average molecular weight is 530 g/mol. The maximum Gasteiger partial charge on any atom is 1.00 e. The Morgan fingerprint density at radius 2 is 1.53 bits per heavy atom. The second-order valence-corrected chi connectivity index (χ2v) is 8.14. The number of ether oxygens (including phenoxy) is 1. The molecule has 32 heavy (non-hydrogen) atoms. The van der Waals surface area contributed by atoms with Crippen molar-refractivity contribution in [3.05, 3.63) is 88.9 Å². The summed E-state index contributed by atoms with van der Waals surface area (Å²) in [6.07, 6.45) is 2.32. The average Bonchev–Trinajstić information content (AvgIpc) is 2.80. The Labute approximate surface area is 209 Å². The first kappa shape index (κ1) is 28.1. The van der Waals surface area contributed by atoms with Crippen molar-refractivity contribution in [2.24, 2.45) is 0 Å². The van der Waals surface area contributed by atoms with Gasteiger partial charge in [-0.1, -0.05) is 60.7 Å². The van der Waals surface area contributed by atoms with E-state index in [1.165, 1.54) is 0 Å². The molecule has 0 aliphatic carbocycles. The first-order valence-electron chi connectivity index (χ1n) is 10.8. The minimum atomic E-state index is -0.605. The third kappa shape index (κ3) is 6.80. The monoisotopic (exact) mass is 529 g/mol. The number of carbonyl (C=O) groups excluding carboxylic acids is 1. The molecule has 1 unspecified atom stereocenters. The predicted molar refractivity (Wildman–Crippen MR) is 128 cm³/mol. The molecule has 6 heteroatoms. The molecule has 5 nitrogen and oxygen atoms in total. The molecule has 2 aromatic rings. The fraction of sp³-hybridized carbons (Fsp3) is 0.423. The van der Waals surface area contributed by atoms with Gasteiger partial charge in [-0.2, -0.15) is 7.05 Å². The minimum Gasteiger partial charge on any atom is -0.664 e. The molecule has 0 aliphatic heterocycles. The molecule has 2 aromatic carbocycles. The van der Waals surface area contributed by atoms with Crippen molar-refractivity contribution in [3.8, 4) is 0 Å². The maximum absolute atomic E-state index is 13.0. The largest absolute Gasteiger partial charge is 1.00 e. The third-order valence-corrected chi connectivity index (χ3v) is 5.87. The molecule has 178 valence electrons. The number of benzene rings is 2.